The molecule has 3 aromatic rings. The van der Waals surface area contributed by atoms with Gasteiger partial charge in [-0.1, -0.05) is 6.07 Å². The number of aliphatic hydroxyl groups is 1. The predicted octanol–water partition coefficient (Wildman–Crippen LogP) is 2.46. The number of aryl methyl sites for hydroxylation is 1. The van der Waals surface area contributed by atoms with E-state index in [2.05, 4.69) is 28.3 Å². The zero-order valence-electron chi connectivity index (χ0n) is 10.00. The third kappa shape index (κ3) is 2.02. The van der Waals surface area contributed by atoms with Crippen LogP contribution in [0.1, 0.15) is 5.01 Å². The lowest BCUT2D eigenvalue weighted by Gasteiger charge is -1.97. The summed E-state index contributed by atoms with van der Waals surface area (Å²) in [7, 11) is 0. The number of aliphatic hydroxyl groups excluding tert-OH is 1. The van der Waals surface area contributed by atoms with Gasteiger partial charge in [0.05, 0.1) is 34.6 Å². The van der Waals surface area contributed by atoms with Crippen LogP contribution >= 0.6 is 11.3 Å². The molecule has 0 aliphatic heterocycles. The Morgan fingerprint density at radius 2 is 2.22 bits per heavy atom. The fourth-order valence-corrected chi connectivity index (χ4v) is 2.77. The van der Waals surface area contributed by atoms with E-state index >= 15 is 0 Å². The Kier molecular flexibility index (Phi) is 2.85. The summed E-state index contributed by atoms with van der Waals surface area (Å²) in [5.41, 5.74) is 3.19. The van der Waals surface area contributed by atoms with E-state index in [1.807, 2.05) is 19.3 Å². The fraction of sp³-hybridized carbons (Fsp3) is 0.231. The molecule has 5 heteroatoms. The highest BCUT2D eigenvalue weighted by Gasteiger charge is 2.05. The van der Waals surface area contributed by atoms with Crippen LogP contribution in [0, 0.1) is 6.92 Å². The monoisotopic (exact) mass is 259 g/mol. The molecule has 0 unspecified atom stereocenters. The van der Waals surface area contributed by atoms with Gasteiger partial charge in [0.15, 0.2) is 0 Å². The number of hydrogen-bond acceptors (Lipinski definition) is 4. The lowest BCUT2D eigenvalue weighted by atomic mass is 10.1. The molecule has 92 valence electrons. The molecule has 1 N–H and O–H groups in total. The minimum atomic E-state index is 0.103. The summed E-state index contributed by atoms with van der Waals surface area (Å²) in [6, 6.07) is 6.26. The number of hydrogen-bond donors (Lipinski definition) is 1. The van der Waals surface area contributed by atoms with E-state index in [0.29, 0.717) is 6.54 Å². The van der Waals surface area contributed by atoms with Crippen LogP contribution in [-0.4, -0.2) is 26.5 Å². The highest BCUT2D eigenvalue weighted by Crippen LogP contribution is 2.27. The first kappa shape index (κ1) is 11.4. The average molecular weight is 259 g/mol. The molecule has 0 saturated heterocycles. The minimum absolute atomic E-state index is 0.103. The topological polar surface area (TPSA) is 50.9 Å². The summed E-state index contributed by atoms with van der Waals surface area (Å²) >= 11 is 1.70. The highest BCUT2D eigenvalue weighted by molar-refractivity contribution is 7.18. The molecule has 0 radical (unpaired) electrons. The first-order valence-corrected chi connectivity index (χ1v) is 6.59. The molecular formula is C13H13N3OS. The molecule has 1 aromatic carbocycles. The van der Waals surface area contributed by atoms with Gasteiger partial charge in [-0.2, -0.15) is 5.10 Å². The molecule has 0 atom stereocenters. The predicted molar refractivity (Wildman–Crippen MR) is 72.7 cm³/mol. The molecule has 0 aliphatic carbocycles. The third-order valence-electron chi connectivity index (χ3n) is 2.79. The van der Waals surface area contributed by atoms with E-state index < -0.39 is 0 Å². The van der Waals surface area contributed by atoms with Crippen LogP contribution in [0.4, 0.5) is 0 Å². The van der Waals surface area contributed by atoms with Gasteiger partial charge >= 0.3 is 0 Å². The van der Waals surface area contributed by atoms with Crippen LogP contribution in [0.25, 0.3) is 21.3 Å². The summed E-state index contributed by atoms with van der Waals surface area (Å²) in [6.07, 6.45) is 3.76. The van der Waals surface area contributed by atoms with Crippen molar-refractivity contribution in [2.45, 2.75) is 13.5 Å². The maximum absolute atomic E-state index is 8.87. The molecule has 2 aromatic heterocycles. The summed E-state index contributed by atoms with van der Waals surface area (Å²) in [5, 5.41) is 14.2. The molecular weight excluding hydrogens is 246 g/mol. The lowest BCUT2D eigenvalue weighted by Crippen LogP contribution is -2.01. The Labute approximate surface area is 109 Å². The second-order valence-corrected chi connectivity index (χ2v) is 5.37. The first-order chi connectivity index (χ1) is 8.76. The summed E-state index contributed by atoms with van der Waals surface area (Å²) in [6.45, 7) is 2.65. The Morgan fingerprint density at radius 3 is 3.06 bits per heavy atom. The zero-order valence-corrected chi connectivity index (χ0v) is 10.8. The van der Waals surface area contributed by atoms with Crippen molar-refractivity contribution in [1.82, 2.24) is 14.8 Å². The Balaban J connectivity index is 2.01. The largest absolute Gasteiger partial charge is 0.394 e. The number of thiazole rings is 1. The van der Waals surface area contributed by atoms with Crippen LogP contribution in [0.2, 0.25) is 0 Å². The molecule has 0 spiro atoms. The maximum atomic E-state index is 8.87. The molecule has 0 aliphatic rings. The van der Waals surface area contributed by atoms with Gasteiger partial charge in [0.1, 0.15) is 0 Å². The molecule has 0 fully saturated rings. The second kappa shape index (κ2) is 4.51. The van der Waals surface area contributed by atoms with Crippen LogP contribution in [-0.2, 0) is 6.54 Å². The van der Waals surface area contributed by atoms with Gasteiger partial charge in [-0.05, 0) is 24.6 Å². The highest BCUT2D eigenvalue weighted by atomic mass is 32.1. The van der Waals surface area contributed by atoms with E-state index in [1.54, 1.807) is 16.0 Å². The Hall–Kier alpha value is -1.72. The standard InChI is InChI=1S/C13H13N3OS/c1-9-15-12-6-10(2-3-13(12)18-9)11-7-14-16(8-11)4-5-17/h2-3,6-8,17H,4-5H2,1H3. The van der Waals surface area contributed by atoms with Gasteiger partial charge in [-0.25, -0.2) is 4.98 Å². The van der Waals surface area contributed by atoms with E-state index in [9.17, 15) is 0 Å². The average Bonchev–Trinajstić information content (AvgIpc) is 2.93. The Morgan fingerprint density at radius 1 is 1.33 bits per heavy atom. The van der Waals surface area contributed by atoms with Crippen molar-refractivity contribution in [3.63, 3.8) is 0 Å². The van der Waals surface area contributed by atoms with Crippen molar-refractivity contribution in [1.29, 1.82) is 0 Å². The van der Waals surface area contributed by atoms with E-state index in [-0.39, 0.29) is 6.61 Å². The van der Waals surface area contributed by atoms with Crippen molar-refractivity contribution in [2.24, 2.45) is 0 Å². The number of aromatic nitrogens is 3. The fourth-order valence-electron chi connectivity index (χ4n) is 1.96. The first-order valence-electron chi connectivity index (χ1n) is 5.77. The van der Waals surface area contributed by atoms with Crippen molar-refractivity contribution in [2.75, 3.05) is 6.61 Å². The van der Waals surface area contributed by atoms with Gasteiger partial charge in [-0.15, -0.1) is 11.3 Å². The van der Waals surface area contributed by atoms with Gasteiger partial charge < -0.3 is 5.11 Å². The summed E-state index contributed by atoms with van der Waals surface area (Å²) in [4.78, 5) is 4.49. The van der Waals surface area contributed by atoms with Crippen molar-refractivity contribution < 1.29 is 5.11 Å². The summed E-state index contributed by atoms with van der Waals surface area (Å²) in [5.74, 6) is 0. The van der Waals surface area contributed by atoms with Crippen LogP contribution in [0.15, 0.2) is 30.6 Å². The van der Waals surface area contributed by atoms with E-state index in [4.69, 9.17) is 5.11 Å². The van der Waals surface area contributed by atoms with Gasteiger partial charge in [0, 0.05) is 11.8 Å². The van der Waals surface area contributed by atoms with Crippen LogP contribution in [0.3, 0.4) is 0 Å². The van der Waals surface area contributed by atoms with Crippen molar-refractivity contribution in [3.05, 3.63) is 35.6 Å². The smallest absolute Gasteiger partial charge is 0.0907 e. The normalized spacial score (nSPS) is 11.2. The zero-order chi connectivity index (χ0) is 12.5. The van der Waals surface area contributed by atoms with Crippen LogP contribution < -0.4 is 0 Å². The number of fused-ring (bicyclic) bond motifs is 1. The molecule has 0 amide bonds. The van der Waals surface area contributed by atoms with E-state index in [1.165, 1.54) is 4.70 Å². The molecule has 0 bridgehead atoms. The molecule has 2 heterocycles. The second-order valence-electron chi connectivity index (χ2n) is 4.13. The van der Waals surface area contributed by atoms with Gasteiger partial charge in [0.25, 0.3) is 0 Å². The maximum Gasteiger partial charge on any atom is 0.0907 e. The molecule has 0 saturated carbocycles. The van der Waals surface area contributed by atoms with Gasteiger partial charge in [0.2, 0.25) is 0 Å². The number of nitrogens with zero attached hydrogens (tertiary/aromatic N) is 3. The molecule has 18 heavy (non-hydrogen) atoms. The summed E-state index contributed by atoms with van der Waals surface area (Å²) < 4.78 is 2.95. The number of rotatable bonds is 3. The van der Waals surface area contributed by atoms with Crippen molar-refractivity contribution >= 4 is 21.6 Å². The quantitative estimate of drug-likeness (QED) is 0.786. The van der Waals surface area contributed by atoms with Gasteiger partial charge in [-0.3, -0.25) is 4.68 Å². The van der Waals surface area contributed by atoms with E-state index in [0.717, 1.165) is 21.7 Å². The molecule has 3 rings (SSSR count). The minimum Gasteiger partial charge on any atom is -0.394 e. The molecule has 4 nitrogen and oxygen atoms in total. The number of benzene rings is 1. The van der Waals surface area contributed by atoms with Crippen molar-refractivity contribution in [3.8, 4) is 11.1 Å². The van der Waals surface area contributed by atoms with Crippen LogP contribution in [0.5, 0.6) is 0 Å². The third-order valence-corrected chi connectivity index (χ3v) is 3.74. The SMILES string of the molecule is Cc1nc2cc(-c3cnn(CCO)c3)ccc2s1. The Bertz CT molecular complexity index is 686. The lowest BCUT2D eigenvalue weighted by molar-refractivity contribution is 0.269.